The first-order valence-electron chi connectivity index (χ1n) is 6.88. The smallest absolute Gasteiger partial charge is 0.394 e. The Labute approximate surface area is 131 Å². The number of carboxylic acids is 1. The van der Waals surface area contributed by atoms with Gasteiger partial charge in [-0.05, 0) is 0 Å². The summed E-state index contributed by atoms with van der Waals surface area (Å²) in [6.07, 6.45) is -4.62. The molecule has 1 saturated heterocycles. The summed E-state index contributed by atoms with van der Waals surface area (Å²) in [5.41, 5.74) is 0. The van der Waals surface area contributed by atoms with Crippen LogP contribution in [-0.2, 0) is 4.79 Å². The van der Waals surface area contributed by atoms with Crippen LogP contribution in [0, 0.1) is 11.8 Å². The maximum atomic E-state index is 12.8. The molecule has 0 aliphatic carbocycles. The molecule has 1 aliphatic heterocycles. The summed E-state index contributed by atoms with van der Waals surface area (Å²) in [5.74, 6) is -4.51. The Morgan fingerprint density at radius 2 is 1.86 bits per heavy atom. The van der Waals surface area contributed by atoms with Gasteiger partial charge in [-0.1, -0.05) is 20.8 Å². The van der Waals surface area contributed by atoms with E-state index in [1.165, 1.54) is 0 Å². The summed E-state index contributed by atoms with van der Waals surface area (Å²) < 4.78 is 38.5. The second-order valence-electron chi connectivity index (χ2n) is 6.19. The van der Waals surface area contributed by atoms with Gasteiger partial charge in [-0.15, -0.1) is 0 Å². The van der Waals surface area contributed by atoms with E-state index in [9.17, 15) is 22.8 Å². The highest BCUT2D eigenvalue weighted by Crippen LogP contribution is 2.37. The molecule has 1 fully saturated rings. The highest BCUT2D eigenvalue weighted by molar-refractivity contribution is 8.00. The molecule has 0 saturated carbocycles. The molecule has 1 aliphatic rings. The monoisotopic (exact) mass is 342 g/mol. The van der Waals surface area contributed by atoms with Crippen molar-refractivity contribution in [2.75, 3.05) is 25.4 Å². The molecule has 0 radical (unpaired) electrons. The molecule has 0 unspecified atom stereocenters. The minimum atomic E-state index is -4.62. The third-order valence-electron chi connectivity index (χ3n) is 3.26. The number of halogens is 3. The normalized spacial score (nSPS) is 22.7. The van der Waals surface area contributed by atoms with Crippen LogP contribution in [0.25, 0.3) is 0 Å². The lowest BCUT2D eigenvalue weighted by atomic mass is 9.96. The van der Waals surface area contributed by atoms with E-state index in [1.54, 1.807) is 11.8 Å². The van der Waals surface area contributed by atoms with Gasteiger partial charge in [0.25, 0.3) is 0 Å². The zero-order valence-corrected chi connectivity index (χ0v) is 13.6. The number of amides is 2. The van der Waals surface area contributed by atoms with Crippen LogP contribution in [0.5, 0.6) is 0 Å². The van der Waals surface area contributed by atoms with Gasteiger partial charge in [-0.25, -0.2) is 4.79 Å². The second kappa shape index (κ2) is 6.97. The first-order chi connectivity index (χ1) is 9.92. The van der Waals surface area contributed by atoms with Crippen LogP contribution in [0.2, 0.25) is 0 Å². The minimum Gasteiger partial charge on any atom is -0.481 e. The average molecular weight is 342 g/mol. The number of hydrogen-bond acceptors (Lipinski definition) is 3. The highest BCUT2D eigenvalue weighted by Gasteiger charge is 2.53. The minimum absolute atomic E-state index is 0.0359. The number of alkyl halides is 3. The summed E-state index contributed by atoms with van der Waals surface area (Å²) in [4.78, 5) is 23.7. The summed E-state index contributed by atoms with van der Waals surface area (Å²) >= 11 is 1.62. The van der Waals surface area contributed by atoms with E-state index in [0.717, 1.165) is 4.90 Å². The Kier molecular flexibility index (Phi) is 6.00. The van der Waals surface area contributed by atoms with E-state index < -0.39 is 43.1 Å². The molecule has 2 atom stereocenters. The van der Waals surface area contributed by atoms with Crippen molar-refractivity contribution in [1.82, 2.24) is 10.2 Å². The van der Waals surface area contributed by atoms with E-state index in [1.807, 2.05) is 20.8 Å². The number of rotatable bonds is 4. The first-order valence-corrected chi connectivity index (χ1v) is 7.86. The van der Waals surface area contributed by atoms with Crippen LogP contribution >= 0.6 is 11.8 Å². The number of thioether (sulfide) groups is 1. The molecule has 0 bridgehead atoms. The van der Waals surface area contributed by atoms with E-state index in [4.69, 9.17) is 5.11 Å². The average Bonchev–Trinajstić information content (AvgIpc) is 2.78. The molecule has 5 nitrogen and oxygen atoms in total. The lowest BCUT2D eigenvalue weighted by molar-refractivity contribution is -0.187. The maximum Gasteiger partial charge on any atom is 0.394 e. The lowest BCUT2D eigenvalue weighted by Gasteiger charge is -2.20. The number of aliphatic carboxylic acids is 1. The maximum absolute atomic E-state index is 12.8. The van der Waals surface area contributed by atoms with Crippen LogP contribution in [-0.4, -0.2) is 58.3 Å². The van der Waals surface area contributed by atoms with Crippen molar-refractivity contribution in [3.63, 3.8) is 0 Å². The number of nitrogens with one attached hydrogen (secondary N) is 1. The van der Waals surface area contributed by atoms with Crippen LogP contribution in [0.3, 0.4) is 0 Å². The predicted octanol–water partition coefficient (Wildman–Crippen LogP) is 2.42. The molecule has 128 valence electrons. The van der Waals surface area contributed by atoms with Gasteiger partial charge < -0.3 is 15.3 Å². The number of likely N-dealkylation sites (tertiary alicyclic amines) is 1. The van der Waals surface area contributed by atoms with Crippen LogP contribution < -0.4 is 5.32 Å². The van der Waals surface area contributed by atoms with Crippen molar-refractivity contribution < 1.29 is 27.9 Å². The summed E-state index contributed by atoms with van der Waals surface area (Å²) in [6.45, 7) is 5.35. The number of carbonyl (C=O) groups excluding carboxylic acids is 1. The topological polar surface area (TPSA) is 69.6 Å². The molecule has 2 N–H and O–H groups in total. The van der Waals surface area contributed by atoms with E-state index in [-0.39, 0.29) is 4.75 Å². The highest BCUT2D eigenvalue weighted by atomic mass is 32.2. The van der Waals surface area contributed by atoms with Gasteiger partial charge in [0, 0.05) is 30.1 Å². The number of hydrogen-bond donors (Lipinski definition) is 2. The molecule has 0 spiro atoms. The van der Waals surface area contributed by atoms with Gasteiger partial charge in [0.1, 0.15) is 0 Å². The van der Waals surface area contributed by atoms with Crippen LogP contribution in [0.1, 0.15) is 20.8 Å². The molecule has 1 rings (SSSR count). The van der Waals surface area contributed by atoms with E-state index >= 15 is 0 Å². The summed E-state index contributed by atoms with van der Waals surface area (Å²) in [6, 6.07) is -0.646. The number of carbonyl (C=O) groups is 2. The molecule has 0 aromatic rings. The van der Waals surface area contributed by atoms with Crippen molar-refractivity contribution in [2.45, 2.75) is 31.7 Å². The zero-order chi connectivity index (χ0) is 17.1. The van der Waals surface area contributed by atoms with E-state index in [2.05, 4.69) is 5.32 Å². The summed E-state index contributed by atoms with van der Waals surface area (Å²) in [7, 11) is 0. The molecule has 9 heteroatoms. The standard InChI is InChI=1S/C13H21F3N2O3S/c1-12(2,3)22-5-4-17-11(21)18-6-8(10(19)20)9(7-18)13(14,15)16/h8-9H,4-7H2,1-3H3,(H,17,21)(H,19,20)/t8-,9-/m1/s1. The van der Waals surface area contributed by atoms with Crippen molar-refractivity contribution in [3.8, 4) is 0 Å². The molecule has 0 aromatic carbocycles. The van der Waals surface area contributed by atoms with Gasteiger partial charge in [-0.2, -0.15) is 24.9 Å². The Morgan fingerprint density at radius 3 is 2.27 bits per heavy atom. The van der Waals surface area contributed by atoms with Crippen molar-refractivity contribution in [1.29, 1.82) is 0 Å². The lowest BCUT2D eigenvalue weighted by Crippen LogP contribution is -2.40. The van der Waals surface area contributed by atoms with Crippen molar-refractivity contribution >= 4 is 23.8 Å². The predicted molar refractivity (Wildman–Crippen MR) is 77.9 cm³/mol. The van der Waals surface area contributed by atoms with Gasteiger partial charge in [-0.3, -0.25) is 4.79 Å². The Bertz CT molecular complexity index is 424. The fourth-order valence-electron chi connectivity index (χ4n) is 2.18. The molecule has 2 amide bonds. The molecular weight excluding hydrogens is 321 g/mol. The van der Waals surface area contributed by atoms with E-state index in [0.29, 0.717) is 12.3 Å². The Morgan fingerprint density at radius 1 is 1.27 bits per heavy atom. The van der Waals surface area contributed by atoms with Gasteiger partial charge in [0.05, 0.1) is 11.8 Å². The number of urea groups is 1. The Balaban J connectivity index is 2.52. The fraction of sp³-hybridized carbons (Fsp3) is 0.846. The second-order valence-corrected chi connectivity index (χ2v) is 8.11. The first kappa shape index (κ1) is 18.9. The largest absolute Gasteiger partial charge is 0.481 e. The number of carboxylic acid groups (broad SMARTS) is 1. The number of nitrogens with zero attached hydrogens (tertiary/aromatic N) is 1. The quantitative estimate of drug-likeness (QED) is 0.770. The summed E-state index contributed by atoms with van der Waals surface area (Å²) in [5, 5.41) is 11.4. The zero-order valence-electron chi connectivity index (χ0n) is 12.7. The molecule has 0 aromatic heterocycles. The molecule has 22 heavy (non-hydrogen) atoms. The fourth-order valence-corrected chi connectivity index (χ4v) is 3.00. The van der Waals surface area contributed by atoms with Crippen LogP contribution in [0.15, 0.2) is 0 Å². The van der Waals surface area contributed by atoms with Crippen LogP contribution in [0.4, 0.5) is 18.0 Å². The SMILES string of the molecule is CC(C)(C)SCCNC(=O)N1C[C@@H](C(F)(F)F)[C@H](C(=O)O)C1. The van der Waals surface area contributed by atoms with Crippen molar-refractivity contribution in [3.05, 3.63) is 0 Å². The van der Waals surface area contributed by atoms with Gasteiger partial charge in [0.2, 0.25) is 0 Å². The van der Waals surface area contributed by atoms with Gasteiger partial charge >= 0.3 is 18.2 Å². The third-order valence-corrected chi connectivity index (χ3v) is 4.53. The molecule has 1 heterocycles. The third kappa shape index (κ3) is 5.58. The van der Waals surface area contributed by atoms with Crippen molar-refractivity contribution in [2.24, 2.45) is 11.8 Å². The molecular formula is C13H21F3N2O3S. The Hall–Kier alpha value is -1.12. The van der Waals surface area contributed by atoms with Gasteiger partial charge in [0.15, 0.2) is 0 Å².